The van der Waals surface area contributed by atoms with Crippen molar-refractivity contribution in [3.8, 4) is 11.3 Å². The van der Waals surface area contributed by atoms with Gasteiger partial charge < -0.3 is 14.6 Å². The molecule has 5 rings (SSSR count). The summed E-state index contributed by atoms with van der Waals surface area (Å²) in [5, 5.41) is 7.80. The van der Waals surface area contributed by atoms with Crippen LogP contribution < -0.4 is 10.2 Å². The molecule has 164 valence electrons. The van der Waals surface area contributed by atoms with Gasteiger partial charge in [0.1, 0.15) is 11.3 Å². The standard InChI is InChI=1S/C25H27N5O2/c1-17-5-6-18(2)21(14-17)22-15-23-24(26-9-12-30(23)28-22)29-10-7-19(8-11-29)25(31)27-16-20-4-3-13-32-20/h3-6,9,12-15,19H,7-8,10-11,16H2,1-2H3,(H,27,31). The number of carbonyl (C=O) groups is 1. The first-order valence-corrected chi connectivity index (χ1v) is 11.1. The third-order valence-corrected chi connectivity index (χ3v) is 6.22. The van der Waals surface area contributed by atoms with Gasteiger partial charge in [0.15, 0.2) is 5.82 Å². The van der Waals surface area contributed by atoms with E-state index < -0.39 is 0 Å². The Hall–Kier alpha value is -3.61. The third-order valence-electron chi connectivity index (χ3n) is 6.22. The third kappa shape index (κ3) is 3.98. The fourth-order valence-corrected chi connectivity index (χ4v) is 4.38. The second-order valence-electron chi connectivity index (χ2n) is 8.49. The van der Waals surface area contributed by atoms with Crippen molar-refractivity contribution in [3.63, 3.8) is 0 Å². The highest BCUT2D eigenvalue weighted by Crippen LogP contribution is 2.30. The molecule has 0 radical (unpaired) electrons. The normalized spacial score (nSPS) is 14.8. The van der Waals surface area contributed by atoms with Crippen LogP contribution in [0.25, 0.3) is 16.8 Å². The molecule has 4 aromatic rings. The van der Waals surface area contributed by atoms with Crippen LogP contribution in [0.4, 0.5) is 5.82 Å². The van der Waals surface area contributed by atoms with Crippen LogP contribution >= 0.6 is 0 Å². The number of rotatable bonds is 5. The monoisotopic (exact) mass is 429 g/mol. The molecular formula is C25H27N5O2. The van der Waals surface area contributed by atoms with E-state index in [2.05, 4.69) is 53.3 Å². The molecule has 1 saturated heterocycles. The van der Waals surface area contributed by atoms with E-state index in [0.717, 1.165) is 54.3 Å². The first-order valence-electron chi connectivity index (χ1n) is 11.1. The molecule has 0 atom stereocenters. The summed E-state index contributed by atoms with van der Waals surface area (Å²) in [6, 6.07) is 12.2. The molecule has 3 aromatic heterocycles. The SMILES string of the molecule is Cc1ccc(C)c(-c2cc3c(N4CCC(C(=O)NCc5ccco5)CC4)nccn3n2)c1. The summed E-state index contributed by atoms with van der Waals surface area (Å²) in [7, 11) is 0. The highest BCUT2D eigenvalue weighted by molar-refractivity contribution is 5.80. The maximum atomic E-state index is 12.6. The molecule has 0 spiro atoms. The van der Waals surface area contributed by atoms with Crippen molar-refractivity contribution in [3.05, 3.63) is 71.9 Å². The molecule has 1 fully saturated rings. The van der Waals surface area contributed by atoms with E-state index in [4.69, 9.17) is 9.52 Å². The molecule has 1 aliphatic rings. The highest BCUT2D eigenvalue weighted by Gasteiger charge is 2.27. The smallest absolute Gasteiger partial charge is 0.223 e. The van der Waals surface area contributed by atoms with Gasteiger partial charge in [0, 0.05) is 37.0 Å². The highest BCUT2D eigenvalue weighted by atomic mass is 16.3. The van der Waals surface area contributed by atoms with Gasteiger partial charge in [-0.1, -0.05) is 17.7 Å². The minimum Gasteiger partial charge on any atom is -0.467 e. The van der Waals surface area contributed by atoms with Crippen molar-refractivity contribution in [1.29, 1.82) is 0 Å². The Morgan fingerprint density at radius 2 is 2.03 bits per heavy atom. The summed E-state index contributed by atoms with van der Waals surface area (Å²) in [5.41, 5.74) is 5.51. The lowest BCUT2D eigenvalue weighted by molar-refractivity contribution is -0.125. The summed E-state index contributed by atoms with van der Waals surface area (Å²) in [4.78, 5) is 19.5. The van der Waals surface area contributed by atoms with E-state index in [1.54, 1.807) is 12.5 Å². The predicted octanol–water partition coefficient (Wildman–Crippen LogP) is 4.14. The lowest BCUT2D eigenvalue weighted by Crippen LogP contribution is -2.40. The van der Waals surface area contributed by atoms with Gasteiger partial charge in [-0.2, -0.15) is 5.10 Å². The van der Waals surface area contributed by atoms with Crippen LogP contribution in [0.1, 0.15) is 29.7 Å². The Labute approximate surface area is 187 Å². The number of aryl methyl sites for hydroxylation is 2. The number of carbonyl (C=O) groups excluding carboxylic acids is 1. The van der Waals surface area contributed by atoms with E-state index in [1.807, 2.05) is 22.8 Å². The molecule has 7 nitrogen and oxygen atoms in total. The Kier molecular flexibility index (Phi) is 5.39. The molecule has 0 saturated carbocycles. The molecule has 0 aliphatic carbocycles. The van der Waals surface area contributed by atoms with Crippen molar-refractivity contribution in [2.75, 3.05) is 18.0 Å². The van der Waals surface area contributed by atoms with Gasteiger partial charge in [-0.15, -0.1) is 0 Å². The Morgan fingerprint density at radius 1 is 1.19 bits per heavy atom. The maximum Gasteiger partial charge on any atom is 0.223 e. The number of fused-ring (bicyclic) bond motifs is 1. The molecule has 1 aromatic carbocycles. The van der Waals surface area contributed by atoms with Crippen LogP contribution in [-0.4, -0.2) is 33.6 Å². The first kappa shape index (κ1) is 20.3. The lowest BCUT2D eigenvalue weighted by Gasteiger charge is -2.32. The van der Waals surface area contributed by atoms with Crippen LogP contribution in [0.5, 0.6) is 0 Å². The van der Waals surface area contributed by atoms with E-state index in [1.165, 1.54) is 11.1 Å². The van der Waals surface area contributed by atoms with E-state index in [9.17, 15) is 4.79 Å². The average Bonchev–Trinajstić information content (AvgIpc) is 3.49. The Bertz CT molecular complexity index is 1240. The summed E-state index contributed by atoms with van der Waals surface area (Å²) in [6.07, 6.45) is 6.90. The van der Waals surface area contributed by atoms with Gasteiger partial charge in [-0.05, 0) is 56.5 Å². The molecule has 32 heavy (non-hydrogen) atoms. The van der Waals surface area contributed by atoms with Crippen LogP contribution in [-0.2, 0) is 11.3 Å². The van der Waals surface area contributed by atoms with Gasteiger partial charge >= 0.3 is 0 Å². The fraction of sp³-hybridized carbons (Fsp3) is 0.320. The Balaban J connectivity index is 1.31. The van der Waals surface area contributed by atoms with Gasteiger partial charge in [0.2, 0.25) is 5.91 Å². The lowest BCUT2D eigenvalue weighted by atomic mass is 9.96. The zero-order valence-corrected chi connectivity index (χ0v) is 18.4. The van der Waals surface area contributed by atoms with E-state index in [0.29, 0.717) is 6.54 Å². The quantitative estimate of drug-likeness (QED) is 0.516. The van der Waals surface area contributed by atoms with Crippen molar-refractivity contribution >= 4 is 17.2 Å². The van der Waals surface area contributed by atoms with Crippen LogP contribution in [0.15, 0.2) is 59.5 Å². The summed E-state index contributed by atoms with van der Waals surface area (Å²) in [6.45, 7) is 6.22. The second-order valence-corrected chi connectivity index (χ2v) is 8.49. The summed E-state index contributed by atoms with van der Waals surface area (Å²) >= 11 is 0. The number of aromatic nitrogens is 3. The van der Waals surface area contributed by atoms with Crippen LogP contribution in [0, 0.1) is 19.8 Å². The van der Waals surface area contributed by atoms with Crippen molar-refractivity contribution in [2.24, 2.45) is 5.92 Å². The number of furan rings is 1. The predicted molar refractivity (Wildman–Crippen MR) is 123 cm³/mol. The number of piperidine rings is 1. The molecule has 1 amide bonds. The number of anilines is 1. The molecule has 7 heteroatoms. The van der Waals surface area contributed by atoms with Crippen LogP contribution in [0.3, 0.4) is 0 Å². The number of amides is 1. The molecule has 1 N–H and O–H groups in total. The maximum absolute atomic E-state index is 12.6. The van der Waals surface area contributed by atoms with E-state index >= 15 is 0 Å². The molecule has 4 heterocycles. The molecular weight excluding hydrogens is 402 g/mol. The number of hydrogen-bond donors (Lipinski definition) is 1. The number of benzene rings is 1. The minimum atomic E-state index is 0.0105. The van der Waals surface area contributed by atoms with Gasteiger partial charge in [-0.3, -0.25) is 4.79 Å². The number of nitrogens with zero attached hydrogens (tertiary/aromatic N) is 4. The number of nitrogens with one attached hydrogen (secondary N) is 1. The molecule has 0 bridgehead atoms. The average molecular weight is 430 g/mol. The Morgan fingerprint density at radius 3 is 2.81 bits per heavy atom. The zero-order valence-electron chi connectivity index (χ0n) is 18.4. The summed E-state index contributed by atoms with van der Waals surface area (Å²) in [5.74, 6) is 1.79. The number of hydrogen-bond acceptors (Lipinski definition) is 5. The zero-order chi connectivity index (χ0) is 22.1. The summed E-state index contributed by atoms with van der Waals surface area (Å²) < 4.78 is 7.20. The van der Waals surface area contributed by atoms with Crippen LogP contribution in [0.2, 0.25) is 0 Å². The van der Waals surface area contributed by atoms with Gasteiger partial charge in [0.05, 0.1) is 18.5 Å². The van der Waals surface area contributed by atoms with Gasteiger partial charge in [0.25, 0.3) is 0 Å². The fourth-order valence-electron chi connectivity index (χ4n) is 4.38. The van der Waals surface area contributed by atoms with Crippen molar-refractivity contribution in [1.82, 2.24) is 19.9 Å². The topological polar surface area (TPSA) is 75.7 Å². The van der Waals surface area contributed by atoms with Crippen molar-refractivity contribution < 1.29 is 9.21 Å². The minimum absolute atomic E-state index is 0.0105. The van der Waals surface area contributed by atoms with E-state index in [-0.39, 0.29) is 11.8 Å². The van der Waals surface area contributed by atoms with Crippen molar-refractivity contribution in [2.45, 2.75) is 33.2 Å². The van der Waals surface area contributed by atoms with Gasteiger partial charge in [-0.25, -0.2) is 9.50 Å². The first-order chi connectivity index (χ1) is 15.6. The molecule has 1 aliphatic heterocycles. The second kappa shape index (κ2) is 8.49. The molecule has 0 unspecified atom stereocenters. The largest absolute Gasteiger partial charge is 0.467 e.